The van der Waals surface area contributed by atoms with Gasteiger partial charge in [0.1, 0.15) is 69.0 Å². The first kappa shape index (κ1) is 32.3. The number of benzene rings is 6. The molecule has 0 heterocycles. The molecule has 6 aromatic carbocycles. The molecule has 6 aromatic rings. The van der Waals surface area contributed by atoms with Gasteiger partial charge >= 0.3 is 0 Å². The predicted octanol–water partition coefficient (Wildman–Crippen LogP) is 7.69. The maximum Gasteiger partial charge on any atom is 0.142 e. The van der Waals surface area contributed by atoms with Crippen molar-refractivity contribution in [1.29, 1.82) is 0 Å². The second-order valence-corrected chi connectivity index (χ2v) is 10.2. The van der Waals surface area contributed by atoms with Gasteiger partial charge in [0.2, 0.25) is 0 Å². The number of hydrogen-bond donors (Lipinski definition) is 8. The summed E-state index contributed by atoms with van der Waals surface area (Å²) < 4.78 is 22.7. The molecule has 0 aliphatic carbocycles. The molecule has 48 heavy (non-hydrogen) atoms. The van der Waals surface area contributed by atoms with Crippen molar-refractivity contribution in [2.24, 2.45) is 0 Å². The Bertz CT molecular complexity index is 1900. The molecular formula is C36H32N4O8. The van der Waals surface area contributed by atoms with Crippen LogP contribution >= 0.6 is 0 Å². The lowest BCUT2D eigenvalue weighted by Gasteiger charge is -2.10. The largest absolute Gasteiger partial charge is 0.506 e. The Morgan fingerprint density at radius 2 is 0.604 bits per heavy atom. The van der Waals surface area contributed by atoms with Crippen molar-refractivity contribution in [1.82, 2.24) is 0 Å². The zero-order valence-electron chi connectivity index (χ0n) is 25.3. The van der Waals surface area contributed by atoms with Gasteiger partial charge in [0.25, 0.3) is 0 Å². The van der Waals surface area contributed by atoms with Gasteiger partial charge in [0, 0.05) is 30.3 Å². The van der Waals surface area contributed by atoms with Crippen LogP contribution in [-0.4, -0.2) is 20.4 Å². The van der Waals surface area contributed by atoms with Crippen LogP contribution in [0.2, 0.25) is 0 Å². The molecule has 0 fully saturated rings. The van der Waals surface area contributed by atoms with Crippen LogP contribution in [0.4, 0.5) is 22.7 Å². The number of aromatic hydroxyl groups is 4. The fourth-order valence-corrected chi connectivity index (χ4v) is 4.09. The van der Waals surface area contributed by atoms with Gasteiger partial charge in [0.05, 0.1) is 22.7 Å². The average Bonchev–Trinajstić information content (AvgIpc) is 3.06. The molecule has 0 bridgehead atoms. The standard InChI is InChI=1S/2C18H16N2O4/c19-15-7-5-13(9-17(15)21)23-11-1-2-12(4-3-11)24-14-6-8-16(20)18(22)10-14;19-15-9-13(4-6-17(15)21)23-11-2-1-3-12(8-11)24-14-5-7-18(22)16(20)10-14/h2*1-10,21-22H,19-20H2. The Hall–Kier alpha value is -7.08. The topological polar surface area (TPSA) is 222 Å². The first-order chi connectivity index (χ1) is 23.0. The summed E-state index contributed by atoms with van der Waals surface area (Å²) in [6.45, 7) is 0. The number of nitrogen functional groups attached to an aromatic ring is 4. The molecule has 0 unspecified atom stereocenters. The maximum absolute atomic E-state index is 9.57. The van der Waals surface area contributed by atoms with Crippen LogP contribution in [0.25, 0.3) is 0 Å². The zero-order valence-corrected chi connectivity index (χ0v) is 25.3. The highest BCUT2D eigenvalue weighted by molar-refractivity contribution is 5.58. The van der Waals surface area contributed by atoms with E-state index < -0.39 is 0 Å². The highest BCUT2D eigenvalue weighted by Gasteiger charge is 2.07. The van der Waals surface area contributed by atoms with Gasteiger partial charge in [-0.15, -0.1) is 0 Å². The lowest BCUT2D eigenvalue weighted by molar-refractivity contribution is 0.450. The third-order valence-corrected chi connectivity index (χ3v) is 6.57. The van der Waals surface area contributed by atoms with E-state index in [0.717, 1.165) is 0 Å². The highest BCUT2D eigenvalue weighted by Crippen LogP contribution is 2.34. The number of phenols is 4. The van der Waals surface area contributed by atoms with Gasteiger partial charge in [-0.1, -0.05) is 6.07 Å². The monoisotopic (exact) mass is 648 g/mol. The predicted molar refractivity (Wildman–Crippen MR) is 183 cm³/mol. The van der Waals surface area contributed by atoms with Gasteiger partial charge in [-0.25, -0.2) is 0 Å². The van der Waals surface area contributed by atoms with Crippen molar-refractivity contribution in [3.05, 3.63) is 121 Å². The molecule has 244 valence electrons. The minimum atomic E-state index is -0.0318. The zero-order chi connectivity index (χ0) is 34.2. The van der Waals surface area contributed by atoms with Crippen LogP contribution in [0.5, 0.6) is 69.0 Å². The molecular weight excluding hydrogens is 616 g/mol. The van der Waals surface area contributed by atoms with Crippen LogP contribution in [0.15, 0.2) is 121 Å². The normalized spacial score (nSPS) is 10.3. The van der Waals surface area contributed by atoms with E-state index in [1.807, 2.05) is 0 Å². The van der Waals surface area contributed by atoms with Crippen LogP contribution < -0.4 is 41.9 Å². The van der Waals surface area contributed by atoms with Crippen molar-refractivity contribution >= 4 is 22.7 Å². The number of ether oxygens (including phenoxy) is 4. The number of nitrogens with two attached hydrogens (primary N) is 4. The lowest BCUT2D eigenvalue weighted by atomic mass is 10.2. The molecule has 12 heteroatoms. The van der Waals surface area contributed by atoms with E-state index in [1.54, 1.807) is 84.9 Å². The molecule has 0 aromatic heterocycles. The summed E-state index contributed by atoms with van der Waals surface area (Å²) in [5.41, 5.74) is 23.4. The smallest absolute Gasteiger partial charge is 0.142 e. The minimum Gasteiger partial charge on any atom is -0.506 e. The van der Waals surface area contributed by atoms with E-state index in [9.17, 15) is 20.4 Å². The number of rotatable bonds is 8. The summed E-state index contributed by atoms with van der Waals surface area (Å²) in [5.74, 6) is 4.12. The fraction of sp³-hybridized carbons (Fsp3) is 0. The van der Waals surface area contributed by atoms with E-state index >= 15 is 0 Å². The Kier molecular flexibility index (Phi) is 9.66. The van der Waals surface area contributed by atoms with Crippen LogP contribution in [0.1, 0.15) is 0 Å². The van der Waals surface area contributed by atoms with Gasteiger partial charge in [-0.3, -0.25) is 0 Å². The number of phenolic OH excluding ortho intramolecular Hbond substituents is 4. The third kappa shape index (κ3) is 8.55. The minimum absolute atomic E-state index is 0.00403. The summed E-state index contributed by atoms with van der Waals surface area (Å²) in [7, 11) is 0. The summed E-state index contributed by atoms with van der Waals surface area (Å²) in [5, 5.41) is 38.0. The Morgan fingerprint density at radius 1 is 0.292 bits per heavy atom. The molecule has 0 spiro atoms. The van der Waals surface area contributed by atoms with Crippen molar-refractivity contribution < 1.29 is 39.4 Å². The highest BCUT2D eigenvalue weighted by atomic mass is 16.5. The summed E-state index contributed by atoms with van der Waals surface area (Å²) >= 11 is 0. The van der Waals surface area contributed by atoms with E-state index in [4.69, 9.17) is 41.9 Å². The second kappa shape index (κ2) is 14.3. The fourth-order valence-electron chi connectivity index (χ4n) is 4.09. The van der Waals surface area contributed by atoms with Gasteiger partial charge in [-0.05, 0) is 84.9 Å². The summed E-state index contributed by atoms with van der Waals surface area (Å²) in [4.78, 5) is 0. The molecule has 0 radical (unpaired) electrons. The Balaban J connectivity index is 0.000000188. The lowest BCUT2D eigenvalue weighted by Crippen LogP contribution is -1.90. The van der Waals surface area contributed by atoms with E-state index in [1.165, 1.54) is 36.4 Å². The first-order valence-electron chi connectivity index (χ1n) is 14.3. The van der Waals surface area contributed by atoms with Crippen LogP contribution in [0.3, 0.4) is 0 Å². The number of anilines is 4. The van der Waals surface area contributed by atoms with Crippen molar-refractivity contribution in [3.8, 4) is 69.0 Å². The SMILES string of the molecule is Nc1cc(Oc2cccc(Oc3ccc(O)c(N)c3)c2)ccc1O.Nc1ccc(Oc2ccc(Oc3ccc(N)c(O)c3)cc2)cc1O. The molecule has 0 saturated heterocycles. The van der Waals surface area contributed by atoms with Crippen molar-refractivity contribution in [2.45, 2.75) is 0 Å². The second-order valence-electron chi connectivity index (χ2n) is 10.2. The van der Waals surface area contributed by atoms with E-state index in [2.05, 4.69) is 0 Å². The molecule has 0 aliphatic rings. The van der Waals surface area contributed by atoms with Gasteiger partial charge < -0.3 is 62.3 Å². The summed E-state index contributed by atoms with van der Waals surface area (Å²) in [6, 6.07) is 32.4. The Morgan fingerprint density at radius 3 is 0.979 bits per heavy atom. The van der Waals surface area contributed by atoms with Gasteiger partial charge in [0.15, 0.2) is 0 Å². The Labute approximate surface area is 275 Å². The van der Waals surface area contributed by atoms with Gasteiger partial charge in [-0.2, -0.15) is 0 Å². The van der Waals surface area contributed by atoms with Crippen LogP contribution in [0, 0.1) is 0 Å². The average molecular weight is 649 g/mol. The molecule has 6 rings (SSSR count). The molecule has 0 saturated carbocycles. The molecule has 0 amide bonds. The van der Waals surface area contributed by atoms with E-state index in [-0.39, 0.29) is 45.7 Å². The molecule has 0 atom stereocenters. The quantitative estimate of drug-likeness (QED) is 0.0587. The molecule has 12 nitrogen and oxygen atoms in total. The van der Waals surface area contributed by atoms with E-state index in [0.29, 0.717) is 46.0 Å². The first-order valence-corrected chi connectivity index (χ1v) is 14.3. The maximum atomic E-state index is 9.57. The third-order valence-electron chi connectivity index (χ3n) is 6.57. The van der Waals surface area contributed by atoms with Crippen molar-refractivity contribution in [3.63, 3.8) is 0 Å². The molecule has 0 aliphatic heterocycles. The number of hydrogen-bond acceptors (Lipinski definition) is 12. The summed E-state index contributed by atoms with van der Waals surface area (Å²) in [6.07, 6.45) is 0. The van der Waals surface area contributed by atoms with Crippen LogP contribution in [-0.2, 0) is 0 Å². The molecule has 12 N–H and O–H groups in total. The van der Waals surface area contributed by atoms with Crippen molar-refractivity contribution in [2.75, 3.05) is 22.9 Å².